The Bertz CT molecular complexity index is 821. The highest BCUT2D eigenvalue weighted by molar-refractivity contribution is 5.91. The van der Waals surface area contributed by atoms with Crippen molar-refractivity contribution in [1.29, 1.82) is 0 Å². The molecule has 1 amide bonds. The summed E-state index contributed by atoms with van der Waals surface area (Å²) in [5.41, 5.74) is 4.58. The van der Waals surface area contributed by atoms with Crippen molar-refractivity contribution in [2.45, 2.75) is 20.4 Å². The molecule has 2 aromatic carbocycles. The van der Waals surface area contributed by atoms with Gasteiger partial charge in [0.1, 0.15) is 0 Å². The zero-order valence-corrected chi connectivity index (χ0v) is 13.2. The zero-order valence-electron chi connectivity index (χ0n) is 13.2. The first-order chi connectivity index (χ1) is 11.1. The number of benzene rings is 2. The second-order valence-corrected chi connectivity index (χ2v) is 5.56. The summed E-state index contributed by atoms with van der Waals surface area (Å²) in [5.74, 6) is -0.232. The molecule has 0 atom stereocenters. The molecule has 0 radical (unpaired) electrons. The largest absolute Gasteiger partial charge is 0.347 e. The average Bonchev–Trinajstić information content (AvgIpc) is 3.03. The van der Waals surface area contributed by atoms with Crippen molar-refractivity contribution in [2.24, 2.45) is 0 Å². The summed E-state index contributed by atoms with van der Waals surface area (Å²) >= 11 is 0. The molecule has 1 N–H and O–H groups in total. The van der Waals surface area contributed by atoms with Crippen molar-refractivity contribution in [3.8, 4) is 5.69 Å². The fourth-order valence-electron chi connectivity index (χ4n) is 2.29. The SMILES string of the molecule is Cc1ccc(-n2cc(C(=O)NCc3cccc(C)c3)nn2)cc1. The smallest absolute Gasteiger partial charge is 0.273 e. The van der Waals surface area contributed by atoms with Gasteiger partial charge in [0.25, 0.3) is 5.91 Å². The summed E-state index contributed by atoms with van der Waals surface area (Å²) in [5, 5.41) is 10.8. The molecule has 3 rings (SSSR count). The second-order valence-electron chi connectivity index (χ2n) is 5.56. The average molecular weight is 306 g/mol. The van der Waals surface area contributed by atoms with E-state index >= 15 is 0 Å². The van der Waals surface area contributed by atoms with Gasteiger partial charge in [0.05, 0.1) is 11.9 Å². The van der Waals surface area contributed by atoms with Crippen molar-refractivity contribution in [1.82, 2.24) is 20.3 Å². The summed E-state index contributed by atoms with van der Waals surface area (Å²) < 4.78 is 1.60. The molecule has 0 saturated heterocycles. The van der Waals surface area contributed by atoms with Gasteiger partial charge in [-0.3, -0.25) is 4.79 Å². The summed E-state index contributed by atoms with van der Waals surface area (Å²) in [7, 11) is 0. The maximum absolute atomic E-state index is 12.2. The third-order valence-electron chi connectivity index (χ3n) is 3.56. The molecule has 0 saturated carbocycles. The Kier molecular flexibility index (Phi) is 4.19. The van der Waals surface area contributed by atoms with Crippen LogP contribution in [0.4, 0.5) is 0 Å². The Balaban J connectivity index is 1.67. The molecule has 23 heavy (non-hydrogen) atoms. The van der Waals surface area contributed by atoms with Crippen molar-refractivity contribution >= 4 is 5.91 Å². The lowest BCUT2D eigenvalue weighted by molar-refractivity contribution is 0.0946. The van der Waals surface area contributed by atoms with Gasteiger partial charge in [-0.2, -0.15) is 0 Å². The highest BCUT2D eigenvalue weighted by atomic mass is 16.2. The van der Waals surface area contributed by atoms with E-state index in [2.05, 4.69) is 15.6 Å². The summed E-state index contributed by atoms with van der Waals surface area (Å²) in [6, 6.07) is 15.9. The van der Waals surface area contributed by atoms with Crippen LogP contribution >= 0.6 is 0 Å². The van der Waals surface area contributed by atoms with E-state index in [-0.39, 0.29) is 5.91 Å². The van der Waals surface area contributed by atoms with E-state index in [4.69, 9.17) is 0 Å². The van der Waals surface area contributed by atoms with Crippen molar-refractivity contribution in [3.63, 3.8) is 0 Å². The van der Waals surface area contributed by atoms with Crippen LogP contribution in [0.25, 0.3) is 5.69 Å². The van der Waals surface area contributed by atoms with Gasteiger partial charge in [-0.1, -0.05) is 52.7 Å². The summed E-state index contributed by atoms with van der Waals surface area (Å²) in [6.07, 6.45) is 1.64. The number of rotatable bonds is 4. The third-order valence-corrected chi connectivity index (χ3v) is 3.56. The zero-order chi connectivity index (χ0) is 16.2. The van der Waals surface area contributed by atoms with Crippen LogP contribution in [0, 0.1) is 13.8 Å². The molecule has 5 heteroatoms. The van der Waals surface area contributed by atoms with Gasteiger partial charge in [-0.05, 0) is 31.5 Å². The summed E-state index contributed by atoms with van der Waals surface area (Å²) in [4.78, 5) is 12.2. The number of carbonyl (C=O) groups is 1. The second kappa shape index (κ2) is 6.44. The van der Waals surface area contributed by atoms with Crippen LogP contribution in [0.2, 0.25) is 0 Å². The molecule has 0 bridgehead atoms. The lowest BCUT2D eigenvalue weighted by atomic mass is 10.1. The molecule has 0 fully saturated rings. The van der Waals surface area contributed by atoms with E-state index in [1.165, 1.54) is 11.1 Å². The van der Waals surface area contributed by atoms with Crippen molar-refractivity contribution in [3.05, 3.63) is 77.1 Å². The normalized spacial score (nSPS) is 10.5. The molecule has 116 valence electrons. The number of carbonyl (C=O) groups excluding carboxylic acids is 1. The van der Waals surface area contributed by atoms with E-state index in [0.29, 0.717) is 12.2 Å². The van der Waals surface area contributed by atoms with E-state index in [1.807, 2.05) is 62.4 Å². The first kappa shape index (κ1) is 15.0. The fourth-order valence-corrected chi connectivity index (χ4v) is 2.29. The van der Waals surface area contributed by atoms with Crippen LogP contribution in [-0.4, -0.2) is 20.9 Å². The number of nitrogens with one attached hydrogen (secondary N) is 1. The van der Waals surface area contributed by atoms with Crippen LogP contribution in [0.1, 0.15) is 27.2 Å². The standard InChI is InChI=1S/C18H18N4O/c1-13-6-8-16(9-7-13)22-12-17(20-21-22)18(23)19-11-15-5-3-4-14(2)10-15/h3-10,12H,11H2,1-2H3,(H,19,23). The van der Waals surface area contributed by atoms with Gasteiger partial charge in [0, 0.05) is 6.54 Å². The molecular formula is C18H18N4O. The quantitative estimate of drug-likeness (QED) is 0.806. The topological polar surface area (TPSA) is 59.8 Å². The number of nitrogens with zero attached hydrogens (tertiary/aromatic N) is 3. The first-order valence-corrected chi connectivity index (χ1v) is 7.45. The predicted octanol–water partition coefficient (Wildman–Crippen LogP) is 2.81. The van der Waals surface area contributed by atoms with Gasteiger partial charge in [0.15, 0.2) is 5.69 Å². The molecular weight excluding hydrogens is 288 g/mol. The van der Waals surface area contributed by atoms with E-state index in [0.717, 1.165) is 11.3 Å². The van der Waals surface area contributed by atoms with Crippen molar-refractivity contribution in [2.75, 3.05) is 0 Å². The Morgan fingerprint density at radius 3 is 2.61 bits per heavy atom. The maximum atomic E-state index is 12.2. The monoisotopic (exact) mass is 306 g/mol. The lowest BCUT2D eigenvalue weighted by Crippen LogP contribution is -2.23. The predicted molar refractivity (Wildman–Crippen MR) is 88.4 cm³/mol. The van der Waals surface area contributed by atoms with Crippen molar-refractivity contribution < 1.29 is 4.79 Å². The summed E-state index contributed by atoms with van der Waals surface area (Å²) in [6.45, 7) is 4.52. The van der Waals surface area contributed by atoms with Gasteiger partial charge in [-0.25, -0.2) is 4.68 Å². The van der Waals surface area contributed by atoms with Gasteiger partial charge in [-0.15, -0.1) is 5.10 Å². The van der Waals surface area contributed by atoms with Gasteiger partial charge < -0.3 is 5.32 Å². The minimum atomic E-state index is -0.232. The minimum absolute atomic E-state index is 0.232. The Hall–Kier alpha value is -2.95. The van der Waals surface area contributed by atoms with Gasteiger partial charge >= 0.3 is 0 Å². The highest BCUT2D eigenvalue weighted by Gasteiger charge is 2.11. The number of aromatic nitrogens is 3. The minimum Gasteiger partial charge on any atom is -0.347 e. The fraction of sp³-hybridized carbons (Fsp3) is 0.167. The Labute approximate surface area is 135 Å². The van der Waals surface area contributed by atoms with Gasteiger partial charge in [0.2, 0.25) is 0 Å². The Morgan fingerprint density at radius 1 is 1.09 bits per heavy atom. The van der Waals surface area contributed by atoms with Crippen LogP contribution in [-0.2, 0) is 6.54 Å². The molecule has 0 aliphatic carbocycles. The maximum Gasteiger partial charge on any atom is 0.273 e. The first-order valence-electron chi connectivity index (χ1n) is 7.45. The molecule has 0 aliphatic heterocycles. The number of hydrogen-bond acceptors (Lipinski definition) is 3. The molecule has 0 spiro atoms. The molecule has 0 aliphatic rings. The molecule has 1 aromatic heterocycles. The van der Waals surface area contributed by atoms with E-state index in [1.54, 1.807) is 10.9 Å². The Morgan fingerprint density at radius 2 is 1.87 bits per heavy atom. The molecule has 5 nitrogen and oxygen atoms in total. The highest BCUT2D eigenvalue weighted by Crippen LogP contribution is 2.09. The molecule has 3 aromatic rings. The van der Waals surface area contributed by atoms with Crippen LogP contribution in [0.5, 0.6) is 0 Å². The number of aryl methyl sites for hydroxylation is 2. The lowest BCUT2D eigenvalue weighted by Gasteiger charge is -2.04. The molecule has 1 heterocycles. The number of hydrogen-bond donors (Lipinski definition) is 1. The number of amides is 1. The molecule has 0 unspecified atom stereocenters. The van der Waals surface area contributed by atoms with Crippen LogP contribution in [0.15, 0.2) is 54.7 Å². The van der Waals surface area contributed by atoms with Crippen LogP contribution in [0.3, 0.4) is 0 Å². The van der Waals surface area contributed by atoms with Crippen LogP contribution < -0.4 is 5.32 Å². The van der Waals surface area contributed by atoms with E-state index in [9.17, 15) is 4.79 Å². The van der Waals surface area contributed by atoms with E-state index < -0.39 is 0 Å². The third kappa shape index (κ3) is 3.63.